The molecule has 1 unspecified atom stereocenters. The van der Waals surface area contributed by atoms with E-state index in [9.17, 15) is 9.90 Å². The van der Waals surface area contributed by atoms with Gasteiger partial charge in [0.15, 0.2) is 0 Å². The standard InChI is InChI=1S/C19H25NO4.ClH/c1-4-24-18(22)15-11-20(8-7-17(15)21)12-19(2)10-13-5-6-14(23-3)9-16(13)19;/h5-6,9,21H,4,7-8,10-12H2,1-3H3;1H. The Morgan fingerprint density at radius 3 is 2.84 bits per heavy atom. The van der Waals surface area contributed by atoms with Gasteiger partial charge in [0.05, 0.1) is 19.3 Å². The second-order valence-electron chi connectivity index (χ2n) is 6.87. The predicted octanol–water partition coefficient (Wildman–Crippen LogP) is 3.01. The van der Waals surface area contributed by atoms with Crippen LogP contribution in [0.5, 0.6) is 5.75 Å². The number of carbonyl (C=O) groups is 1. The van der Waals surface area contributed by atoms with Crippen molar-refractivity contribution in [3.63, 3.8) is 0 Å². The maximum atomic E-state index is 12.0. The molecule has 3 rings (SSSR count). The van der Waals surface area contributed by atoms with Gasteiger partial charge in [0.2, 0.25) is 0 Å². The summed E-state index contributed by atoms with van der Waals surface area (Å²) >= 11 is 0. The summed E-state index contributed by atoms with van der Waals surface area (Å²) in [6.07, 6.45) is 1.52. The molecule has 2 aliphatic rings. The van der Waals surface area contributed by atoms with Crippen molar-refractivity contribution in [2.45, 2.75) is 32.1 Å². The predicted molar refractivity (Wildman–Crippen MR) is 98.6 cm³/mol. The van der Waals surface area contributed by atoms with E-state index >= 15 is 0 Å². The second-order valence-corrected chi connectivity index (χ2v) is 6.87. The summed E-state index contributed by atoms with van der Waals surface area (Å²) in [5.74, 6) is 0.647. The molecular formula is C19H26ClNO4. The van der Waals surface area contributed by atoms with Gasteiger partial charge >= 0.3 is 5.97 Å². The Hall–Kier alpha value is -1.72. The average Bonchev–Trinajstić information content (AvgIpc) is 2.56. The molecule has 0 saturated carbocycles. The SMILES string of the molecule is CCOC(=O)C1=C(O)CCN(CC2(C)Cc3ccc(OC)cc32)C1.Cl. The summed E-state index contributed by atoms with van der Waals surface area (Å²) in [6.45, 7) is 6.39. The lowest BCUT2D eigenvalue weighted by molar-refractivity contribution is -0.139. The summed E-state index contributed by atoms with van der Waals surface area (Å²) in [5, 5.41) is 10.0. The molecule has 6 heteroatoms. The molecule has 25 heavy (non-hydrogen) atoms. The average molecular weight is 368 g/mol. The monoisotopic (exact) mass is 367 g/mol. The van der Waals surface area contributed by atoms with Crippen LogP contribution < -0.4 is 4.74 Å². The third-order valence-corrected chi connectivity index (χ3v) is 5.04. The minimum absolute atomic E-state index is 0. The number of halogens is 1. The van der Waals surface area contributed by atoms with Crippen LogP contribution in [0.4, 0.5) is 0 Å². The molecule has 0 fully saturated rings. The number of hydrogen-bond donors (Lipinski definition) is 1. The maximum Gasteiger partial charge on any atom is 0.338 e. The number of methoxy groups -OCH3 is 1. The lowest BCUT2D eigenvalue weighted by atomic mass is 9.65. The van der Waals surface area contributed by atoms with E-state index in [1.54, 1.807) is 14.0 Å². The van der Waals surface area contributed by atoms with Crippen LogP contribution in [0.3, 0.4) is 0 Å². The number of aliphatic hydroxyl groups excluding tert-OH is 1. The number of rotatable bonds is 5. The lowest BCUT2D eigenvalue weighted by Gasteiger charge is -2.45. The van der Waals surface area contributed by atoms with E-state index in [0.717, 1.165) is 25.3 Å². The third kappa shape index (κ3) is 3.77. The molecular weight excluding hydrogens is 342 g/mol. The van der Waals surface area contributed by atoms with Crippen LogP contribution in [-0.2, 0) is 21.4 Å². The highest BCUT2D eigenvalue weighted by Gasteiger charge is 2.41. The van der Waals surface area contributed by atoms with Crippen molar-refractivity contribution in [1.29, 1.82) is 0 Å². The second kappa shape index (κ2) is 7.67. The highest BCUT2D eigenvalue weighted by Crippen LogP contribution is 2.43. The first kappa shape index (κ1) is 19.6. The first-order valence-corrected chi connectivity index (χ1v) is 8.44. The van der Waals surface area contributed by atoms with E-state index in [1.807, 2.05) is 6.07 Å². The Bertz CT molecular complexity index is 688. The van der Waals surface area contributed by atoms with Crippen LogP contribution in [-0.4, -0.2) is 49.3 Å². The topological polar surface area (TPSA) is 59.0 Å². The Morgan fingerprint density at radius 2 is 2.16 bits per heavy atom. The van der Waals surface area contributed by atoms with Gasteiger partial charge in [-0.05, 0) is 36.6 Å². The lowest BCUT2D eigenvalue weighted by Crippen LogP contribution is -2.48. The largest absolute Gasteiger partial charge is 0.512 e. The molecule has 1 aromatic carbocycles. The van der Waals surface area contributed by atoms with E-state index in [2.05, 4.69) is 24.0 Å². The van der Waals surface area contributed by atoms with E-state index in [1.165, 1.54) is 11.1 Å². The van der Waals surface area contributed by atoms with Gasteiger partial charge in [-0.25, -0.2) is 4.79 Å². The van der Waals surface area contributed by atoms with Crippen molar-refractivity contribution in [3.8, 4) is 5.75 Å². The molecule has 0 amide bonds. The van der Waals surface area contributed by atoms with Gasteiger partial charge in [-0.2, -0.15) is 0 Å². The fourth-order valence-electron chi connectivity index (χ4n) is 3.79. The molecule has 1 atom stereocenters. The fraction of sp³-hybridized carbons (Fsp3) is 0.526. The number of hydrogen-bond acceptors (Lipinski definition) is 5. The zero-order valence-electron chi connectivity index (χ0n) is 15.0. The van der Waals surface area contributed by atoms with Crippen LogP contribution in [0.25, 0.3) is 0 Å². The zero-order valence-corrected chi connectivity index (χ0v) is 15.8. The Kier molecular flexibility index (Phi) is 6.01. The first-order valence-electron chi connectivity index (χ1n) is 8.44. The summed E-state index contributed by atoms with van der Waals surface area (Å²) in [7, 11) is 1.68. The van der Waals surface area contributed by atoms with Crippen molar-refractivity contribution in [2.24, 2.45) is 0 Å². The van der Waals surface area contributed by atoms with E-state index < -0.39 is 5.97 Å². The number of aliphatic hydroxyl groups is 1. The van der Waals surface area contributed by atoms with Gasteiger partial charge in [-0.15, -0.1) is 12.4 Å². The smallest absolute Gasteiger partial charge is 0.338 e. The molecule has 1 heterocycles. The Morgan fingerprint density at radius 1 is 1.40 bits per heavy atom. The normalized spacial score (nSPS) is 22.5. The molecule has 0 saturated heterocycles. The number of ether oxygens (including phenoxy) is 2. The highest BCUT2D eigenvalue weighted by molar-refractivity contribution is 5.89. The van der Waals surface area contributed by atoms with Crippen LogP contribution in [0.2, 0.25) is 0 Å². The molecule has 0 spiro atoms. The number of carbonyl (C=O) groups excluding carboxylic acids is 1. The number of benzene rings is 1. The summed E-state index contributed by atoms with van der Waals surface area (Å²) in [6, 6.07) is 6.24. The summed E-state index contributed by atoms with van der Waals surface area (Å²) < 4.78 is 10.4. The van der Waals surface area contributed by atoms with E-state index in [-0.39, 0.29) is 23.6 Å². The maximum absolute atomic E-state index is 12.0. The quantitative estimate of drug-likeness (QED) is 0.811. The van der Waals surface area contributed by atoms with Crippen LogP contribution in [0, 0.1) is 0 Å². The van der Waals surface area contributed by atoms with Gasteiger partial charge in [-0.1, -0.05) is 13.0 Å². The summed E-state index contributed by atoms with van der Waals surface area (Å²) in [5.41, 5.74) is 3.13. The zero-order chi connectivity index (χ0) is 17.3. The number of esters is 1. The number of nitrogens with zero attached hydrogens (tertiary/aromatic N) is 1. The molecule has 1 aliphatic carbocycles. The van der Waals surface area contributed by atoms with Crippen molar-refractivity contribution >= 4 is 18.4 Å². The Labute approximate surface area is 155 Å². The van der Waals surface area contributed by atoms with Crippen molar-refractivity contribution in [1.82, 2.24) is 4.90 Å². The number of fused-ring (bicyclic) bond motifs is 1. The molecule has 1 aromatic rings. The van der Waals surface area contributed by atoms with Gasteiger partial charge in [-0.3, -0.25) is 4.90 Å². The van der Waals surface area contributed by atoms with Gasteiger partial charge in [0, 0.05) is 31.5 Å². The summed E-state index contributed by atoms with van der Waals surface area (Å²) in [4.78, 5) is 14.2. The van der Waals surface area contributed by atoms with Crippen molar-refractivity contribution in [2.75, 3.05) is 33.4 Å². The Balaban J connectivity index is 0.00000225. The van der Waals surface area contributed by atoms with Gasteiger partial charge < -0.3 is 14.6 Å². The molecule has 0 bridgehead atoms. The first-order chi connectivity index (χ1) is 11.5. The van der Waals surface area contributed by atoms with E-state index in [4.69, 9.17) is 9.47 Å². The van der Waals surface area contributed by atoms with Crippen LogP contribution >= 0.6 is 12.4 Å². The molecule has 1 N–H and O–H groups in total. The van der Waals surface area contributed by atoms with Crippen LogP contribution in [0.15, 0.2) is 29.5 Å². The van der Waals surface area contributed by atoms with Crippen molar-refractivity contribution in [3.05, 3.63) is 40.7 Å². The molecule has 138 valence electrons. The van der Waals surface area contributed by atoms with Crippen molar-refractivity contribution < 1.29 is 19.4 Å². The minimum Gasteiger partial charge on any atom is -0.512 e. The minimum atomic E-state index is -0.402. The molecule has 0 radical (unpaired) electrons. The van der Waals surface area contributed by atoms with Gasteiger partial charge in [0.25, 0.3) is 0 Å². The molecule has 5 nitrogen and oxygen atoms in total. The third-order valence-electron chi connectivity index (χ3n) is 5.04. The fourth-order valence-corrected chi connectivity index (χ4v) is 3.79. The highest BCUT2D eigenvalue weighted by atomic mass is 35.5. The molecule has 0 aromatic heterocycles. The molecule has 1 aliphatic heterocycles. The van der Waals surface area contributed by atoms with Gasteiger partial charge in [0.1, 0.15) is 11.5 Å². The van der Waals surface area contributed by atoms with E-state index in [0.29, 0.717) is 25.1 Å². The van der Waals surface area contributed by atoms with Crippen LogP contribution in [0.1, 0.15) is 31.4 Å².